The van der Waals surface area contributed by atoms with E-state index in [1.54, 1.807) is 0 Å². The summed E-state index contributed by atoms with van der Waals surface area (Å²) in [7, 11) is 0. The molecule has 1 aromatic rings. The van der Waals surface area contributed by atoms with Crippen LogP contribution in [0, 0.1) is 0 Å². The lowest BCUT2D eigenvalue weighted by molar-refractivity contribution is 0.410. The summed E-state index contributed by atoms with van der Waals surface area (Å²) >= 11 is 3.93. The molecule has 1 rings (SSSR count). The average Bonchev–Trinajstić information content (AvgIpc) is 2.04. The number of rotatable bonds is 1. The van der Waals surface area contributed by atoms with E-state index in [9.17, 15) is 13.2 Å². The second-order valence-corrected chi connectivity index (χ2v) is 2.64. The van der Waals surface area contributed by atoms with Gasteiger partial charge in [-0.2, -0.15) is 8.78 Å². The average molecular weight is 190 g/mol. The van der Waals surface area contributed by atoms with Gasteiger partial charge in [-0.1, -0.05) is 12.1 Å². The Hall–Kier alpha value is -0.900. The zero-order chi connectivity index (χ0) is 9.14. The van der Waals surface area contributed by atoms with Gasteiger partial charge in [-0.15, -0.1) is 12.6 Å². The summed E-state index contributed by atoms with van der Waals surface area (Å²) in [6, 6.07) is 5.38. The molecule has 12 heavy (non-hydrogen) atoms. The van der Waals surface area contributed by atoms with Crippen molar-refractivity contribution in [2.75, 3.05) is 0 Å². The monoisotopic (exact) mass is 190 g/mol. The quantitative estimate of drug-likeness (QED) is 0.643. The largest absolute Gasteiger partial charge is 0.306 e. The van der Waals surface area contributed by atoms with Gasteiger partial charge in [0, 0.05) is 10.5 Å². The fourth-order valence-corrected chi connectivity index (χ4v) is 0.866. The van der Waals surface area contributed by atoms with Gasteiger partial charge >= 0.3 is 6.08 Å². The van der Waals surface area contributed by atoms with E-state index in [2.05, 4.69) is 12.6 Å². The van der Waals surface area contributed by atoms with Crippen molar-refractivity contribution in [1.29, 1.82) is 0 Å². The lowest BCUT2D eigenvalue weighted by Crippen LogP contribution is -1.78. The molecule has 0 fully saturated rings. The summed E-state index contributed by atoms with van der Waals surface area (Å²) in [5.74, 6) is -1.48. The summed E-state index contributed by atoms with van der Waals surface area (Å²) in [6.07, 6.45) is -2.30. The van der Waals surface area contributed by atoms with Crippen molar-refractivity contribution < 1.29 is 13.2 Å². The Morgan fingerprint density at radius 1 is 1.00 bits per heavy atom. The van der Waals surface area contributed by atoms with Gasteiger partial charge in [-0.3, -0.25) is 0 Å². The van der Waals surface area contributed by atoms with Crippen molar-refractivity contribution in [2.24, 2.45) is 0 Å². The van der Waals surface area contributed by atoms with Crippen LogP contribution in [0.2, 0.25) is 0 Å². The van der Waals surface area contributed by atoms with Crippen molar-refractivity contribution in [3.8, 4) is 0 Å². The number of hydrogen-bond acceptors (Lipinski definition) is 1. The minimum absolute atomic E-state index is 0.132. The van der Waals surface area contributed by atoms with Crippen LogP contribution >= 0.6 is 12.6 Å². The summed E-state index contributed by atoms with van der Waals surface area (Å²) in [4.78, 5) is 0.603. The first-order chi connectivity index (χ1) is 5.61. The molecule has 0 unspecified atom stereocenters. The van der Waals surface area contributed by atoms with Crippen LogP contribution in [0.15, 0.2) is 35.2 Å². The van der Waals surface area contributed by atoms with Crippen LogP contribution in [0.1, 0.15) is 5.56 Å². The van der Waals surface area contributed by atoms with Crippen LogP contribution < -0.4 is 0 Å². The number of benzene rings is 1. The number of thiol groups is 1. The number of hydrogen-bond donors (Lipinski definition) is 1. The zero-order valence-electron chi connectivity index (χ0n) is 5.89. The molecular formula is C8H5F3S. The van der Waals surface area contributed by atoms with Crippen LogP contribution in [0.5, 0.6) is 0 Å². The van der Waals surface area contributed by atoms with Crippen LogP contribution in [0.4, 0.5) is 13.2 Å². The molecular weight excluding hydrogens is 185 g/mol. The highest BCUT2D eigenvalue weighted by atomic mass is 32.1. The predicted octanol–water partition coefficient (Wildman–Crippen LogP) is 3.51. The molecule has 0 amide bonds. The van der Waals surface area contributed by atoms with Crippen LogP contribution in [-0.4, -0.2) is 0 Å². The van der Waals surface area contributed by atoms with Crippen molar-refractivity contribution >= 4 is 18.5 Å². The summed E-state index contributed by atoms with van der Waals surface area (Å²) in [5, 5.41) is 0. The molecule has 1 aromatic carbocycles. The lowest BCUT2D eigenvalue weighted by Gasteiger charge is -1.96. The highest BCUT2D eigenvalue weighted by Crippen LogP contribution is 2.22. The minimum atomic E-state index is -2.30. The second kappa shape index (κ2) is 3.67. The molecule has 0 aromatic heterocycles. The third kappa shape index (κ3) is 2.04. The van der Waals surface area contributed by atoms with Crippen molar-refractivity contribution in [3.05, 3.63) is 35.9 Å². The van der Waals surface area contributed by atoms with Gasteiger partial charge < -0.3 is 0 Å². The normalized spacial score (nSPS) is 9.67. The van der Waals surface area contributed by atoms with Crippen molar-refractivity contribution in [1.82, 2.24) is 0 Å². The maximum absolute atomic E-state index is 12.5. The molecule has 64 valence electrons. The Labute approximate surface area is 73.1 Å². The van der Waals surface area contributed by atoms with E-state index in [1.165, 1.54) is 24.3 Å². The number of halogens is 3. The van der Waals surface area contributed by atoms with Crippen LogP contribution in [-0.2, 0) is 0 Å². The van der Waals surface area contributed by atoms with E-state index in [4.69, 9.17) is 0 Å². The van der Waals surface area contributed by atoms with E-state index >= 15 is 0 Å². The van der Waals surface area contributed by atoms with Crippen LogP contribution in [0.25, 0.3) is 5.83 Å². The summed E-state index contributed by atoms with van der Waals surface area (Å²) < 4.78 is 35.9. The van der Waals surface area contributed by atoms with E-state index in [1.807, 2.05) is 0 Å². The Morgan fingerprint density at radius 2 is 1.50 bits per heavy atom. The SMILES string of the molecule is FC(F)=C(F)c1ccc(S)cc1. The van der Waals surface area contributed by atoms with Crippen molar-refractivity contribution in [2.45, 2.75) is 4.90 Å². The molecule has 0 atom stereocenters. The topological polar surface area (TPSA) is 0 Å². The first kappa shape index (κ1) is 9.19. The standard InChI is InChI=1S/C8H5F3S/c9-7(8(10)11)5-1-3-6(12)4-2-5/h1-4,12H. The first-order valence-electron chi connectivity index (χ1n) is 3.11. The lowest BCUT2D eigenvalue weighted by atomic mass is 10.2. The van der Waals surface area contributed by atoms with Gasteiger partial charge in [0.15, 0.2) is 5.83 Å². The molecule has 0 heterocycles. The molecule has 0 saturated heterocycles. The summed E-state index contributed by atoms with van der Waals surface area (Å²) in [6.45, 7) is 0. The zero-order valence-corrected chi connectivity index (χ0v) is 6.78. The molecule has 4 heteroatoms. The van der Waals surface area contributed by atoms with Gasteiger partial charge in [0.1, 0.15) is 0 Å². The van der Waals surface area contributed by atoms with Crippen LogP contribution in [0.3, 0.4) is 0 Å². The Morgan fingerprint density at radius 3 is 1.92 bits per heavy atom. The fourth-order valence-electron chi connectivity index (χ4n) is 0.717. The molecule has 0 radical (unpaired) electrons. The molecule has 0 aliphatic carbocycles. The Kier molecular flexibility index (Phi) is 2.81. The van der Waals surface area contributed by atoms with E-state index in [0.717, 1.165) is 0 Å². The molecule has 0 saturated carbocycles. The van der Waals surface area contributed by atoms with E-state index in [0.29, 0.717) is 4.90 Å². The minimum Gasteiger partial charge on any atom is -0.200 e. The highest BCUT2D eigenvalue weighted by molar-refractivity contribution is 7.80. The second-order valence-electron chi connectivity index (χ2n) is 2.12. The van der Waals surface area contributed by atoms with Gasteiger partial charge in [0.25, 0.3) is 0 Å². The Balaban J connectivity index is 3.06. The third-order valence-corrected chi connectivity index (χ3v) is 1.58. The maximum Gasteiger partial charge on any atom is 0.306 e. The van der Waals surface area contributed by atoms with Crippen molar-refractivity contribution in [3.63, 3.8) is 0 Å². The molecule has 0 aliphatic rings. The molecule has 0 spiro atoms. The third-order valence-electron chi connectivity index (χ3n) is 1.29. The van der Waals surface area contributed by atoms with E-state index < -0.39 is 11.9 Å². The van der Waals surface area contributed by atoms with E-state index in [-0.39, 0.29) is 5.56 Å². The first-order valence-corrected chi connectivity index (χ1v) is 3.56. The van der Waals surface area contributed by atoms with Gasteiger partial charge in [-0.25, -0.2) is 4.39 Å². The maximum atomic E-state index is 12.5. The Bertz CT molecular complexity index is 299. The van der Waals surface area contributed by atoms with Gasteiger partial charge in [0.05, 0.1) is 0 Å². The summed E-state index contributed by atoms with van der Waals surface area (Å²) in [5.41, 5.74) is -0.132. The predicted molar refractivity (Wildman–Crippen MR) is 43.9 cm³/mol. The molecule has 0 aliphatic heterocycles. The molecule has 0 nitrogen and oxygen atoms in total. The smallest absolute Gasteiger partial charge is 0.200 e. The molecule has 0 bridgehead atoms. The molecule has 0 N–H and O–H groups in total. The van der Waals surface area contributed by atoms with Gasteiger partial charge in [-0.05, 0) is 12.1 Å². The fraction of sp³-hybridized carbons (Fsp3) is 0. The van der Waals surface area contributed by atoms with Gasteiger partial charge in [0.2, 0.25) is 0 Å². The highest BCUT2D eigenvalue weighted by Gasteiger charge is 2.06.